The van der Waals surface area contributed by atoms with Crippen molar-refractivity contribution < 1.29 is 14.1 Å². The number of benzene rings is 1. The number of rotatable bonds is 3. The van der Waals surface area contributed by atoms with E-state index in [1.807, 2.05) is 30.3 Å². The van der Waals surface area contributed by atoms with Crippen LogP contribution in [0.3, 0.4) is 0 Å². The van der Waals surface area contributed by atoms with Crippen molar-refractivity contribution in [1.82, 2.24) is 10.1 Å². The second-order valence-electron chi connectivity index (χ2n) is 6.00. The number of Topliss-reactive ketones (excluding diaryl/α,β-unsaturated/α-hetero) is 1. The number of carbonyl (C=O) groups is 2. The molecule has 1 aromatic heterocycles. The maximum absolute atomic E-state index is 12.6. The monoisotopic (exact) mass is 312 g/mol. The average molecular weight is 312 g/mol. The van der Waals surface area contributed by atoms with Crippen LogP contribution in [-0.4, -0.2) is 34.8 Å². The van der Waals surface area contributed by atoms with Crippen molar-refractivity contribution in [2.24, 2.45) is 5.92 Å². The number of ketones is 1. The van der Waals surface area contributed by atoms with Crippen molar-refractivity contribution in [3.8, 4) is 0 Å². The van der Waals surface area contributed by atoms with Gasteiger partial charge >= 0.3 is 0 Å². The van der Waals surface area contributed by atoms with Gasteiger partial charge < -0.3 is 9.42 Å². The van der Waals surface area contributed by atoms with Gasteiger partial charge in [0.1, 0.15) is 11.3 Å². The van der Waals surface area contributed by atoms with E-state index in [-0.39, 0.29) is 17.6 Å². The quantitative estimate of drug-likeness (QED) is 0.817. The Hall–Kier alpha value is -2.43. The average Bonchev–Trinajstić information content (AvgIpc) is 2.93. The van der Waals surface area contributed by atoms with Crippen molar-refractivity contribution in [2.75, 3.05) is 13.1 Å². The molecular formula is C18H20N2O3. The number of hydrogen-bond acceptors (Lipinski definition) is 4. The predicted molar refractivity (Wildman–Crippen MR) is 85.4 cm³/mol. The van der Waals surface area contributed by atoms with Gasteiger partial charge in [-0.25, -0.2) is 0 Å². The predicted octanol–water partition coefficient (Wildman–Crippen LogP) is 3.03. The van der Waals surface area contributed by atoms with Crippen LogP contribution in [0.5, 0.6) is 0 Å². The molecule has 1 amide bonds. The fourth-order valence-electron chi connectivity index (χ4n) is 3.13. The first-order valence-electron chi connectivity index (χ1n) is 7.89. The van der Waals surface area contributed by atoms with Gasteiger partial charge in [-0.3, -0.25) is 9.59 Å². The highest BCUT2D eigenvalue weighted by Crippen LogP contribution is 2.24. The SMILES string of the molecule is Cc1noc(C)c1C(=O)N1CCC(C(=O)c2ccccc2)CC1. The van der Waals surface area contributed by atoms with Crippen molar-refractivity contribution in [3.05, 3.63) is 52.9 Å². The lowest BCUT2D eigenvalue weighted by atomic mass is 9.88. The summed E-state index contributed by atoms with van der Waals surface area (Å²) in [7, 11) is 0. The van der Waals surface area contributed by atoms with Crippen LogP contribution in [0.2, 0.25) is 0 Å². The summed E-state index contributed by atoms with van der Waals surface area (Å²) >= 11 is 0. The Labute approximate surface area is 135 Å². The van der Waals surface area contributed by atoms with E-state index in [9.17, 15) is 9.59 Å². The summed E-state index contributed by atoms with van der Waals surface area (Å²) in [5.41, 5.74) is 1.93. The van der Waals surface area contributed by atoms with E-state index in [4.69, 9.17) is 4.52 Å². The molecule has 120 valence electrons. The van der Waals surface area contributed by atoms with Crippen LogP contribution in [0.1, 0.15) is 45.0 Å². The summed E-state index contributed by atoms with van der Waals surface area (Å²) in [5.74, 6) is 0.669. The molecule has 0 bridgehead atoms. The molecule has 2 heterocycles. The molecule has 2 aromatic rings. The number of hydrogen-bond donors (Lipinski definition) is 0. The number of carbonyl (C=O) groups excluding carboxylic acids is 2. The lowest BCUT2D eigenvalue weighted by Gasteiger charge is -2.31. The molecule has 0 aliphatic carbocycles. The van der Waals surface area contributed by atoms with E-state index >= 15 is 0 Å². The molecule has 5 heteroatoms. The third-order valence-corrected chi connectivity index (χ3v) is 4.46. The zero-order valence-electron chi connectivity index (χ0n) is 13.4. The van der Waals surface area contributed by atoms with Gasteiger partial charge in [0.2, 0.25) is 0 Å². The largest absolute Gasteiger partial charge is 0.361 e. The molecule has 0 unspecified atom stereocenters. The third kappa shape index (κ3) is 3.04. The van der Waals surface area contributed by atoms with Crippen molar-refractivity contribution >= 4 is 11.7 Å². The molecule has 23 heavy (non-hydrogen) atoms. The summed E-state index contributed by atoms with van der Waals surface area (Å²) in [6.07, 6.45) is 1.39. The molecule has 1 aliphatic rings. The van der Waals surface area contributed by atoms with Crippen LogP contribution < -0.4 is 0 Å². The van der Waals surface area contributed by atoms with Crippen molar-refractivity contribution in [1.29, 1.82) is 0 Å². The van der Waals surface area contributed by atoms with Crippen LogP contribution in [0.15, 0.2) is 34.9 Å². The second-order valence-corrected chi connectivity index (χ2v) is 6.00. The van der Waals surface area contributed by atoms with E-state index in [2.05, 4.69) is 5.16 Å². The lowest BCUT2D eigenvalue weighted by molar-refractivity contribution is 0.0648. The van der Waals surface area contributed by atoms with E-state index in [1.54, 1.807) is 18.7 Å². The van der Waals surface area contributed by atoms with Crippen molar-refractivity contribution in [2.45, 2.75) is 26.7 Å². The zero-order valence-corrected chi connectivity index (χ0v) is 13.4. The van der Waals surface area contributed by atoms with Crippen LogP contribution in [0, 0.1) is 19.8 Å². The summed E-state index contributed by atoms with van der Waals surface area (Å²) < 4.78 is 5.07. The van der Waals surface area contributed by atoms with Crippen LogP contribution >= 0.6 is 0 Å². The highest BCUT2D eigenvalue weighted by Gasteiger charge is 2.30. The second kappa shape index (κ2) is 6.36. The Kier molecular flexibility index (Phi) is 4.28. The van der Waals surface area contributed by atoms with Gasteiger partial charge in [0.25, 0.3) is 5.91 Å². The highest BCUT2D eigenvalue weighted by molar-refractivity contribution is 5.98. The molecule has 0 radical (unpaired) electrons. The molecule has 1 aliphatic heterocycles. The van der Waals surface area contributed by atoms with E-state index in [0.29, 0.717) is 42.9 Å². The number of aromatic nitrogens is 1. The maximum atomic E-state index is 12.6. The topological polar surface area (TPSA) is 63.4 Å². The van der Waals surface area contributed by atoms with Gasteiger partial charge in [0.05, 0.1) is 5.69 Å². The third-order valence-electron chi connectivity index (χ3n) is 4.46. The fraction of sp³-hybridized carbons (Fsp3) is 0.389. The molecule has 1 aromatic carbocycles. The Balaban J connectivity index is 1.65. The molecule has 5 nitrogen and oxygen atoms in total. The molecule has 0 N–H and O–H groups in total. The standard InChI is InChI=1S/C18H20N2O3/c1-12-16(13(2)23-19-12)18(22)20-10-8-15(9-11-20)17(21)14-6-4-3-5-7-14/h3-7,15H,8-11H2,1-2H3. The minimum absolute atomic E-state index is 0.00822. The minimum atomic E-state index is -0.0492. The molecule has 0 saturated carbocycles. The zero-order chi connectivity index (χ0) is 16.4. The number of piperidine rings is 1. The first-order valence-corrected chi connectivity index (χ1v) is 7.89. The van der Waals surface area contributed by atoms with Gasteiger partial charge in [0.15, 0.2) is 5.78 Å². The first-order chi connectivity index (χ1) is 11.1. The number of amides is 1. The Morgan fingerprint density at radius 2 is 1.78 bits per heavy atom. The molecule has 0 spiro atoms. The van der Waals surface area contributed by atoms with Crippen molar-refractivity contribution in [3.63, 3.8) is 0 Å². The molecule has 1 fully saturated rings. The number of aryl methyl sites for hydroxylation is 2. The van der Waals surface area contributed by atoms with Gasteiger partial charge in [-0.1, -0.05) is 35.5 Å². The smallest absolute Gasteiger partial charge is 0.259 e. The summed E-state index contributed by atoms with van der Waals surface area (Å²) in [6, 6.07) is 9.36. The van der Waals surface area contributed by atoms with Crippen LogP contribution in [-0.2, 0) is 0 Å². The van der Waals surface area contributed by atoms with E-state index in [0.717, 1.165) is 5.56 Å². The fourth-order valence-corrected chi connectivity index (χ4v) is 3.13. The van der Waals surface area contributed by atoms with Gasteiger partial charge in [0, 0.05) is 24.6 Å². The van der Waals surface area contributed by atoms with Gasteiger partial charge in [-0.15, -0.1) is 0 Å². The first kappa shape index (κ1) is 15.5. The minimum Gasteiger partial charge on any atom is -0.361 e. The maximum Gasteiger partial charge on any atom is 0.259 e. The van der Waals surface area contributed by atoms with E-state index < -0.39 is 0 Å². The number of likely N-dealkylation sites (tertiary alicyclic amines) is 1. The van der Waals surface area contributed by atoms with Gasteiger partial charge in [-0.2, -0.15) is 0 Å². The molecule has 3 rings (SSSR count). The van der Waals surface area contributed by atoms with E-state index in [1.165, 1.54) is 0 Å². The lowest BCUT2D eigenvalue weighted by Crippen LogP contribution is -2.40. The number of nitrogens with zero attached hydrogens (tertiary/aromatic N) is 2. The molecule has 0 atom stereocenters. The Morgan fingerprint density at radius 3 is 2.35 bits per heavy atom. The molecular weight excluding hydrogens is 292 g/mol. The van der Waals surface area contributed by atoms with Crippen LogP contribution in [0.4, 0.5) is 0 Å². The summed E-state index contributed by atoms with van der Waals surface area (Å²) in [5, 5.41) is 3.84. The molecule has 1 saturated heterocycles. The normalized spacial score (nSPS) is 15.7. The highest BCUT2D eigenvalue weighted by atomic mass is 16.5. The van der Waals surface area contributed by atoms with Crippen LogP contribution in [0.25, 0.3) is 0 Å². The summed E-state index contributed by atoms with van der Waals surface area (Å²) in [6.45, 7) is 4.70. The summed E-state index contributed by atoms with van der Waals surface area (Å²) in [4.78, 5) is 26.9. The van der Waals surface area contributed by atoms with Gasteiger partial charge in [-0.05, 0) is 26.7 Å². The Bertz CT molecular complexity index is 694. The Morgan fingerprint density at radius 1 is 1.13 bits per heavy atom.